The van der Waals surface area contributed by atoms with Crippen LogP contribution in [0.1, 0.15) is 44.4 Å². The molecule has 1 saturated heterocycles. The molecule has 2 amide bonds. The summed E-state index contributed by atoms with van der Waals surface area (Å²) in [5, 5.41) is 11.0. The maximum absolute atomic E-state index is 13.8. The third-order valence-corrected chi connectivity index (χ3v) is 6.79. The predicted octanol–water partition coefficient (Wildman–Crippen LogP) is 2.65. The van der Waals surface area contributed by atoms with E-state index in [1.807, 2.05) is 36.4 Å². The number of hydroxylamine groups is 1. The van der Waals surface area contributed by atoms with Crippen molar-refractivity contribution < 1.29 is 24.3 Å². The van der Waals surface area contributed by atoms with Crippen LogP contribution in [0.15, 0.2) is 72.8 Å². The summed E-state index contributed by atoms with van der Waals surface area (Å²) >= 11 is 0. The molecule has 1 atom stereocenters. The zero-order valence-electron chi connectivity index (χ0n) is 19.8. The first kappa shape index (κ1) is 23.2. The van der Waals surface area contributed by atoms with E-state index in [1.54, 1.807) is 46.4 Å². The van der Waals surface area contributed by atoms with Gasteiger partial charge in [0.1, 0.15) is 12.8 Å². The van der Waals surface area contributed by atoms with E-state index in [0.29, 0.717) is 22.5 Å². The van der Waals surface area contributed by atoms with E-state index in [9.17, 15) is 19.5 Å². The lowest BCUT2D eigenvalue weighted by molar-refractivity contribution is -0.137. The molecular weight excluding hydrogens is 474 g/mol. The van der Waals surface area contributed by atoms with Gasteiger partial charge in [-0.15, -0.1) is 0 Å². The number of fused-ring (bicyclic) bond motifs is 4. The van der Waals surface area contributed by atoms with Gasteiger partial charge in [-0.2, -0.15) is 0 Å². The molecule has 3 N–H and O–H groups in total. The van der Waals surface area contributed by atoms with Crippen LogP contribution in [0.4, 0.5) is 11.4 Å². The Labute approximate surface area is 213 Å². The van der Waals surface area contributed by atoms with Gasteiger partial charge in [0, 0.05) is 6.54 Å². The molecule has 0 aromatic heterocycles. The molecule has 3 aliphatic heterocycles. The summed E-state index contributed by atoms with van der Waals surface area (Å²) in [6.07, 6.45) is -0.727. The van der Waals surface area contributed by atoms with Crippen LogP contribution in [0, 0.1) is 0 Å². The highest BCUT2D eigenvalue weighted by atomic mass is 16.7. The van der Waals surface area contributed by atoms with Crippen molar-refractivity contribution >= 4 is 29.2 Å². The number of carbonyl (C=O) groups is 3. The normalized spacial score (nSPS) is 18.7. The molecule has 3 aromatic rings. The lowest BCUT2D eigenvalue weighted by atomic mass is 10.0. The third kappa shape index (κ3) is 4.31. The topological polar surface area (TPSA) is 134 Å². The first-order valence-corrected chi connectivity index (χ1v) is 12.1. The fourth-order valence-corrected chi connectivity index (χ4v) is 4.86. The number of aliphatic carboxylic acids is 1. The molecule has 3 heterocycles. The lowest BCUT2D eigenvalue weighted by Gasteiger charge is -2.44. The number of hydrogen-bond acceptors (Lipinski definition) is 7. The van der Waals surface area contributed by atoms with Crippen LogP contribution in [0.2, 0.25) is 0 Å². The van der Waals surface area contributed by atoms with Crippen LogP contribution in [0.25, 0.3) is 0 Å². The quantitative estimate of drug-likeness (QED) is 0.423. The number of nitrogens with zero attached hydrogens (tertiary/aromatic N) is 3. The minimum Gasteiger partial charge on any atom is -0.481 e. The maximum atomic E-state index is 13.8. The minimum atomic E-state index is -1.000. The highest BCUT2D eigenvalue weighted by Crippen LogP contribution is 2.38. The second-order valence-electron chi connectivity index (χ2n) is 9.15. The van der Waals surface area contributed by atoms with Crippen molar-refractivity contribution in [2.24, 2.45) is 0 Å². The molecule has 0 spiro atoms. The van der Waals surface area contributed by atoms with Crippen LogP contribution >= 0.6 is 0 Å². The SMILES string of the molecule is O=C(O)CCN1CC2N(OCc3ccc(C4NN4)cc3)c3ccccc3C(=O)N2c2ccccc2C1=O. The van der Waals surface area contributed by atoms with Gasteiger partial charge >= 0.3 is 5.97 Å². The zero-order valence-corrected chi connectivity index (χ0v) is 19.8. The summed E-state index contributed by atoms with van der Waals surface area (Å²) in [5.41, 5.74) is 10.0. The zero-order chi connectivity index (χ0) is 25.5. The van der Waals surface area contributed by atoms with Gasteiger partial charge in [0.2, 0.25) is 0 Å². The number of carboxylic acids is 1. The van der Waals surface area contributed by atoms with Gasteiger partial charge in [-0.1, -0.05) is 48.5 Å². The average molecular weight is 500 g/mol. The molecule has 0 bridgehead atoms. The molecule has 188 valence electrons. The Bertz CT molecular complexity index is 1370. The monoisotopic (exact) mass is 499 g/mol. The van der Waals surface area contributed by atoms with E-state index in [0.717, 1.165) is 11.1 Å². The molecule has 3 aromatic carbocycles. The fourth-order valence-electron chi connectivity index (χ4n) is 4.86. The number of rotatable bonds is 7. The number of anilines is 2. The minimum absolute atomic E-state index is 0.0151. The van der Waals surface area contributed by atoms with Crippen molar-refractivity contribution in [1.29, 1.82) is 0 Å². The van der Waals surface area contributed by atoms with Gasteiger partial charge in [0.25, 0.3) is 11.8 Å². The van der Waals surface area contributed by atoms with Gasteiger partial charge in [0.05, 0.1) is 35.5 Å². The summed E-state index contributed by atoms with van der Waals surface area (Å²) < 4.78 is 0. The van der Waals surface area contributed by atoms with Crippen molar-refractivity contribution in [3.63, 3.8) is 0 Å². The van der Waals surface area contributed by atoms with Crippen LogP contribution in [0.5, 0.6) is 0 Å². The van der Waals surface area contributed by atoms with Crippen molar-refractivity contribution in [2.75, 3.05) is 23.1 Å². The molecule has 0 radical (unpaired) electrons. The Morgan fingerprint density at radius 3 is 2.22 bits per heavy atom. The van der Waals surface area contributed by atoms with Gasteiger partial charge in [0.15, 0.2) is 6.17 Å². The fraction of sp³-hybridized carbons (Fsp3) is 0.222. The summed E-state index contributed by atoms with van der Waals surface area (Å²) in [5.74, 6) is -1.56. The molecule has 10 heteroatoms. The van der Waals surface area contributed by atoms with Crippen molar-refractivity contribution in [1.82, 2.24) is 15.8 Å². The largest absolute Gasteiger partial charge is 0.481 e. The summed E-state index contributed by atoms with van der Waals surface area (Å²) in [6.45, 7) is 0.337. The molecule has 10 nitrogen and oxygen atoms in total. The number of benzene rings is 3. The Morgan fingerprint density at radius 1 is 0.892 bits per heavy atom. The van der Waals surface area contributed by atoms with E-state index in [4.69, 9.17) is 4.84 Å². The predicted molar refractivity (Wildman–Crippen MR) is 134 cm³/mol. The Balaban J connectivity index is 1.38. The average Bonchev–Trinajstić information content (AvgIpc) is 3.77. The van der Waals surface area contributed by atoms with Gasteiger partial charge < -0.3 is 10.0 Å². The number of hydrazine groups is 1. The van der Waals surface area contributed by atoms with Gasteiger partial charge in [-0.05, 0) is 35.4 Å². The number of para-hydroxylation sites is 2. The summed E-state index contributed by atoms with van der Waals surface area (Å²) in [4.78, 5) is 48.0. The second-order valence-corrected chi connectivity index (χ2v) is 9.15. The first-order valence-electron chi connectivity index (χ1n) is 12.1. The molecule has 3 aliphatic rings. The Hall–Kier alpha value is -4.25. The number of carboxylic acid groups (broad SMARTS) is 1. The summed E-state index contributed by atoms with van der Waals surface area (Å²) in [7, 11) is 0. The number of carbonyl (C=O) groups excluding carboxylic acids is 2. The number of nitrogens with one attached hydrogen (secondary N) is 2. The van der Waals surface area contributed by atoms with E-state index in [2.05, 4.69) is 10.9 Å². The van der Waals surface area contributed by atoms with E-state index in [-0.39, 0.29) is 44.1 Å². The maximum Gasteiger partial charge on any atom is 0.305 e. The molecule has 0 saturated carbocycles. The highest BCUT2D eigenvalue weighted by Gasteiger charge is 2.44. The number of hydrogen-bond donors (Lipinski definition) is 3. The van der Waals surface area contributed by atoms with Gasteiger partial charge in [-0.3, -0.25) is 24.1 Å². The Kier molecular flexibility index (Phi) is 5.84. The third-order valence-electron chi connectivity index (χ3n) is 6.79. The van der Waals surface area contributed by atoms with Crippen LogP contribution in [-0.4, -0.2) is 47.0 Å². The van der Waals surface area contributed by atoms with E-state index in [1.165, 1.54) is 4.90 Å². The second kappa shape index (κ2) is 9.32. The lowest BCUT2D eigenvalue weighted by Crippen LogP contribution is -2.59. The smallest absolute Gasteiger partial charge is 0.305 e. The molecular formula is C27H25N5O5. The highest BCUT2D eigenvalue weighted by molar-refractivity contribution is 6.15. The standard InChI is InChI=1S/C27H25N5O5/c33-24(34)13-14-30-15-23-31(21-7-3-1-5-19(21)26(30)35)27(36)20-6-2-4-8-22(20)32(23)37-16-17-9-11-18(12-10-17)25-28-29-25/h1-12,23,25,28-29H,13-16H2,(H,33,34). The van der Waals surface area contributed by atoms with Crippen molar-refractivity contribution in [3.05, 3.63) is 95.1 Å². The molecule has 1 unspecified atom stereocenters. The van der Waals surface area contributed by atoms with Crippen LogP contribution < -0.4 is 20.8 Å². The Morgan fingerprint density at radius 2 is 1.54 bits per heavy atom. The van der Waals surface area contributed by atoms with Crippen molar-refractivity contribution in [3.8, 4) is 0 Å². The number of amides is 2. The first-order chi connectivity index (χ1) is 18.0. The van der Waals surface area contributed by atoms with E-state index >= 15 is 0 Å². The summed E-state index contributed by atoms with van der Waals surface area (Å²) in [6, 6.07) is 22.1. The molecule has 6 rings (SSSR count). The van der Waals surface area contributed by atoms with Crippen LogP contribution in [-0.2, 0) is 16.2 Å². The molecule has 0 aliphatic carbocycles. The molecule has 37 heavy (non-hydrogen) atoms. The van der Waals surface area contributed by atoms with Gasteiger partial charge in [-0.25, -0.2) is 15.9 Å². The molecule has 1 fully saturated rings. The van der Waals surface area contributed by atoms with E-state index < -0.39 is 12.1 Å². The van der Waals surface area contributed by atoms with Crippen LogP contribution in [0.3, 0.4) is 0 Å². The van der Waals surface area contributed by atoms with Crippen molar-refractivity contribution in [2.45, 2.75) is 25.4 Å².